The Hall–Kier alpha value is -0.0400. The van der Waals surface area contributed by atoms with Gasteiger partial charge in [0.1, 0.15) is 5.60 Å². The zero-order valence-corrected chi connectivity index (χ0v) is 6.77. The van der Waals surface area contributed by atoms with E-state index in [9.17, 15) is 0 Å². The fraction of sp³-hybridized carbons (Fsp3) is 0.667. The van der Waals surface area contributed by atoms with Crippen molar-refractivity contribution in [3.8, 4) is 10.8 Å². The molecular weight excluding hydrogens is 184 g/mol. The van der Waals surface area contributed by atoms with Crippen molar-refractivity contribution in [1.82, 2.24) is 0 Å². The van der Waals surface area contributed by atoms with Gasteiger partial charge in [-0.2, -0.15) is 0 Å². The van der Waals surface area contributed by atoms with Crippen molar-refractivity contribution in [2.75, 3.05) is 6.61 Å². The van der Waals surface area contributed by atoms with Gasteiger partial charge in [-0.15, -0.1) is 0 Å². The van der Waals surface area contributed by atoms with E-state index in [0.717, 1.165) is 0 Å². The van der Waals surface area contributed by atoms with Gasteiger partial charge in [0.2, 0.25) is 0 Å². The molecule has 0 bridgehead atoms. The number of hydrogen-bond acceptors (Lipinski definition) is 2. The largest absolute Gasteiger partial charge is 0.396 e. The molecule has 0 aliphatic rings. The maximum absolute atomic E-state index is 9.15. The number of rotatable bonds is 2. The molecule has 0 spiro atoms. The Morgan fingerprint density at radius 2 is 2.22 bits per heavy atom. The van der Waals surface area contributed by atoms with Crippen LogP contribution in [0.3, 0.4) is 0 Å². The first-order valence-electron chi connectivity index (χ1n) is 2.58. The van der Waals surface area contributed by atoms with E-state index in [0.29, 0.717) is 0 Å². The topological polar surface area (TPSA) is 40.5 Å². The smallest absolute Gasteiger partial charge is 0.125 e. The van der Waals surface area contributed by atoms with Crippen LogP contribution in [0.2, 0.25) is 0 Å². The molecule has 0 amide bonds. The maximum Gasteiger partial charge on any atom is 0.125 e. The average molecular weight is 193 g/mol. The van der Waals surface area contributed by atoms with Crippen LogP contribution >= 0.6 is 15.9 Å². The Balaban J connectivity index is 3.80. The molecule has 1 atom stereocenters. The van der Waals surface area contributed by atoms with E-state index in [1.807, 2.05) is 0 Å². The molecule has 2 nitrogen and oxygen atoms in total. The van der Waals surface area contributed by atoms with Gasteiger partial charge in [-0.1, -0.05) is 5.92 Å². The van der Waals surface area contributed by atoms with E-state index in [1.165, 1.54) is 0 Å². The second-order valence-corrected chi connectivity index (χ2v) is 2.36. The van der Waals surface area contributed by atoms with Crippen LogP contribution in [0.4, 0.5) is 0 Å². The standard InChI is InChI=1S/C6H9BrO2/c1-6(9,2-4-7)3-5-8/h8-9H,3,5H2,1H3. The first kappa shape index (κ1) is 8.96. The van der Waals surface area contributed by atoms with E-state index in [-0.39, 0.29) is 13.0 Å². The molecule has 0 rings (SSSR count). The fourth-order valence-electron chi connectivity index (χ4n) is 0.382. The summed E-state index contributed by atoms with van der Waals surface area (Å²) in [5.74, 6) is 2.48. The molecule has 9 heavy (non-hydrogen) atoms. The zero-order valence-electron chi connectivity index (χ0n) is 5.19. The quantitative estimate of drug-likeness (QED) is 0.626. The summed E-state index contributed by atoms with van der Waals surface area (Å²) in [4.78, 5) is 2.39. The lowest BCUT2D eigenvalue weighted by molar-refractivity contribution is 0.0879. The summed E-state index contributed by atoms with van der Waals surface area (Å²) >= 11 is 2.85. The van der Waals surface area contributed by atoms with Gasteiger partial charge in [0, 0.05) is 29.0 Å². The summed E-state index contributed by atoms with van der Waals surface area (Å²) in [5, 5.41) is 17.5. The van der Waals surface area contributed by atoms with Crippen LogP contribution in [0.1, 0.15) is 13.3 Å². The van der Waals surface area contributed by atoms with E-state index >= 15 is 0 Å². The third-order valence-corrected chi connectivity index (χ3v) is 1.11. The summed E-state index contributed by atoms with van der Waals surface area (Å²) in [6.45, 7) is 1.51. The highest BCUT2D eigenvalue weighted by molar-refractivity contribution is 9.12. The van der Waals surface area contributed by atoms with Gasteiger partial charge in [-0.25, -0.2) is 0 Å². The molecule has 52 valence electrons. The van der Waals surface area contributed by atoms with Crippen molar-refractivity contribution >= 4 is 15.9 Å². The summed E-state index contributed by atoms with van der Waals surface area (Å²) in [6.07, 6.45) is 0.283. The van der Waals surface area contributed by atoms with Crippen molar-refractivity contribution in [3.05, 3.63) is 0 Å². The van der Waals surface area contributed by atoms with Crippen molar-refractivity contribution in [3.63, 3.8) is 0 Å². The predicted octanol–water partition coefficient (Wildman–Crippen LogP) is 0.476. The summed E-state index contributed by atoms with van der Waals surface area (Å²) in [5.41, 5.74) is -1.06. The molecule has 0 saturated heterocycles. The van der Waals surface area contributed by atoms with Crippen LogP contribution in [-0.2, 0) is 0 Å². The van der Waals surface area contributed by atoms with Gasteiger partial charge in [-0.3, -0.25) is 0 Å². The Morgan fingerprint density at radius 3 is 2.56 bits per heavy atom. The number of aliphatic hydroxyl groups excluding tert-OH is 1. The van der Waals surface area contributed by atoms with E-state index < -0.39 is 5.60 Å². The molecule has 2 N–H and O–H groups in total. The highest BCUT2D eigenvalue weighted by Gasteiger charge is 2.14. The second-order valence-electron chi connectivity index (χ2n) is 1.97. The molecule has 0 radical (unpaired) electrons. The van der Waals surface area contributed by atoms with E-state index in [4.69, 9.17) is 10.2 Å². The van der Waals surface area contributed by atoms with Crippen LogP contribution in [-0.4, -0.2) is 22.4 Å². The van der Waals surface area contributed by atoms with Gasteiger partial charge in [0.15, 0.2) is 0 Å². The van der Waals surface area contributed by atoms with Crippen LogP contribution < -0.4 is 0 Å². The van der Waals surface area contributed by atoms with E-state index in [1.54, 1.807) is 6.92 Å². The second kappa shape index (κ2) is 3.89. The highest BCUT2D eigenvalue weighted by Crippen LogP contribution is 2.05. The van der Waals surface area contributed by atoms with Gasteiger partial charge in [0.05, 0.1) is 0 Å². The minimum absolute atomic E-state index is 0.0469. The van der Waals surface area contributed by atoms with Gasteiger partial charge < -0.3 is 10.2 Å². The minimum Gasteiger partial charge on any atom is -0.396 e. The highest BCUT2D eigenvalue weighted by atomic mass is 79.9. The normalized spacial score (nSPS) is 15.6. The Labute approximate surface area is 63.0 Å². The molecule has 0 heterocycles. The molecule has 0 aromatic rings. The summed E-state index contributed by atoms with van der Waals surface area (Å²) in [7, 11) is 0. The predicted molar refractivity (Wildman–Crippen MR) is 39.0 cm³/mol. The SMILES string of the molecule is CC(O)(C#CBr)CCO. The minimum atomic E-state index is -1.06. The molecule has 0 fully saturated rings. The average Bonchev–Trinajstić information content (AvgIpc) is 1.64. The molecule has 3 heteroatoms. The third kappa shape index (κ3) is 4.46. The first-order valence-corrected chi connectivity index (χ1v) is 3.38. The summed E-state index contributed by atoms with van der Waals surface area (Å²) in [6, 6.07) is 0. The summed E-state index contributed by atoms with van der Waals surface area (Å²) < 4.78 is 0. The molecule has 1 unspecified atom stereocenters. The Morgan fingerprint density at radius 1 is 1.67 bits per heavy atom. The number of hydrogen-bond donors (Lipinski definition) is 2. The first-order chi connectivity index (χ1) is 4.12. The lowest BCUT2D eigenvalue weighted by atomic mass is 10.1. The lowest BCUT2D eigenvalue weighted by Crippen LogP contribution is -2.22. The number of aliphatic hydroxyl groups is 2. The van der Waals surface area contributed by atoms with Crippen LogP contribution in [0.25, 0.3) is 0 Å². The van der Waals surface area contributed by atoms with Crippen LogP contribution in [0.15, 0.2) is 0 Å². The van der Waals surface area contributed by atoms with Gasteiger partial charge >= 0.3 is 0 Å². The van der Waals surface area contributed by atoms with Crippen molar-refractivity contribution in [1.29, 1.82) is 0 Å². The Kier molecular flexibility index (Phi) is 3.87. The molecule has 0 saturated carbocycles. The fourth-order valence-corrected chi connectivity index (χ4v) is 0.809. The number of halogens is 1. The van der Waals surface area contributed by atoms with E-state index in [2.05, 4.69) is 26.7 Å². The van der Waals surface area contributed by atoms with Crippen molar-refractivity contribution < 1.29 is 10.2 Å². The van der Waals surface area contributed by atoms with Gasteiger partial charge in [0.25, 0.3) is 0 Å². The van der Waals surface area contributed by atoms with Crippen molar-refractivity contribution in [2.45, 2.75) is 18.9 Å². The molecule has 0 aliphatic heterocycles. The van der Waals surface area contributed by atoms with Crippen molar-refractivity contribution in [2.24, 2.45) is 0 Å². The molecule has 0 aromatic carbocycles. The van der Waals surface area contributed by atoms with Gasteiger partial charge in [-0.05, 0) is 11.8 Å². The Bertz CT molecular complexity index is 132. The zero-order chi connectivity index (χ0) is 7.33. The maximum atomic E-state index is 9.15. The van der Waals surface area contributed by atoms with Crippen LogP contribution in [0.5, 0.6) is 0 Å². The molecule has 0 aromatic heterocycles. The molecule has 0 aliphatic carbocycles. The monoisotopic (exact) mass is 192 g/mol. The van der Waals surface area contributed by atoms with Crippen LogP contribution in [0, 0.1) is 10.8 Å². The lowest BCUT2D eigenvalue weighted by Gasteiger charge is -2.12. The molecular formula is C6H9BrO2. The third-order valence-electron chi connectivity index (χ3n) is 0.915.